The van der Waals surface area contributed by atoms with Crippen LogP contribution in [0.3, 0.4) is 0 Å². The number of nitrogens with one attached hydrogen (secondary N) is 1. The van der Waals surface area contributed by atoms with Crippen LogP contribution in [0.4, 0.5) is 10.5 Å². The van der Waals surface area contributed by atoms with Gasteiger partial charge in [0, 0.05) is 22.5 Å². The fourth-order valence-electron chi connectivity index (χ4n) is 2.83. The lowest BCUT2D eigenvalue weighted by atomic mass is 9.87. The molecule has 1 N–H and O–H groups in total. The van der Waals surface area contributed by atoms with Gasteiger partial charge in [-0.2, -0.15) is 0 Å². The monoisotopic (exact) mass is 418 g/mol. The van der Waals surface area contributed by atoms with Gasteiger partial charge in [-0.15, -0.1) is 11.8 Å². The Morgan fingerprint density at radius 3 is 2.36 bits per heavy atom. The summed E-state index contributed by atoms with van der Waals surface area (Å²) in [5.74, 6) is 0.958. The van der Waals surface area contributed by atoms with E-state index in [0.717, 1.165) is 22.5 Å². The summed E-state index contributed by atoms with van der Waals surface area (Å²) in [6.45, 7) is 7.40. The maximum Gasteiger partial charge on any atom is 0.323 e. The Morgan fingerprint density at radius 1 is 1.12 bits per heavy atom. The maximum atomic E-state index is 12.7. The molecule has 25 heavy (non-hydrogen) atoms. The summed E-state index contributed by atoms with van der Waals surface area (Å²) in [4.78, 5) is 14.6. The van der Waals surface area contributed by atoms with E-state index in [-0.39, 0.29) is 16.8 Å². The van der Waals surface area contributed by atoms with Crippen LogP contribution in [0.1, 0.15) is 37.3 Å². The Hall–Kier alpha value is -1.46. The predicted octanol–water partition coefficient (Wildman–Crippen LogP) is 6.03. The first-order valence-electron chi connectivity index (χ1n) is 8.40. The van der Waals surface area contributed by atoms with E-state index in [1.54, 1.807) is 0 Å². The van der Waals surface area contributed by atoms with Crippen molar-refractivity contribution in [3.05, 3.63) is 64.1 Å². The van der Waals surface area contributed by atoms with Crippen LogP contribution in [0.5, 0.6) is 0 Å². The topological polar surface area (TPSA) is 32.3 Å². The lowest BCUT2D eigenvalue weighted by Crippen LogP contribution is -2.34. The highest BCUT2D eigenvalue weighted by molar-refractivity contribution is 9.10. The normalized spacial score (nSPS) is 17.6. The number of urea groups is 1. The number of amides is 2. The van der Waals surface area contributed by atoms with Crippen LogP contribution in [0.2, 0.25) is 0 Å². The van der Waals surface area contributed by atoms with Crippen molar-refractivity contribution in [1.82, 2.24) is 4.90 Å². The molecule has 2 aromatic rings. The molecule has 3 rings (SSSR count). The fourth-order valence-corrected chi connectivity index (χ4v) is 4.35. The molecule has 2 aromatic carbocycles. The van der Waals surface area contributed by atoms with Crippen LogP contribution in [0.25, 0.3) is 0 Å². The van der Waals surface area contributed by atoms with Gasteiger partial charge in [0.15, 0.2) is 0 Å². The summed E-state index contributed by atoms with van der Waals surface area (Å²) in [6, 6.07) is 16.3. The first kappa shape index (κ1) is 18.3. The van der Waals surface area contributed by atoms with Crippen LogP contribution in [-0.2, 0) is 5.41 Å². The number of rotatable bonds is 2. The number of hydrogen-bond donors (Lipinski definition) is 1. The molecule has 1 heterocycles. The summed E-state index contributed by atoms with van der Waals surface area (Å²) in [6.07, 6.45) is 0. The highest BCUT2D eigenvalue weighted by Gasteiger charge is 2.31. The molecule has 1 fully saturated rings. The largest absolute Gasteiger partial charge is 0.323 e. The van der Waals surface area contributed by atoms with E-state index < -0.39 is 0 Å². The lowest BCUT2D eigenvalue weighted by molar-refractivity contribution is 0.214. The number of thioether (sulfide) groups is 1. The molecule has 0 radical (unpaired) electrons. The molecule has 0 saturated carbocycles. The fraction of sp³-hybridized carbons (Fsp3) is 0.350. The van der Waals surface area contributed by atoms with Gasteiger partial charge in [0.05, 0.1) is 0 Å². The number of carbonyl (C=O) groups excluding carboxylic acids is 1. The van der Waals surface area contributed by atoms with Gasteiger partial charge in [-0.25, -0.2) is 4.79 Å². The third-order valence-corrected chi connectivity index (χ3v) is 6.10. The van der Waals surface area contributed by atoms with Gasteiger partial charge in [0.2, 0.25) is 0 Å². The van der Waals surface area contributed by atoms with E-state index in [0.29, 0.717) is 0 Å². The number of carbonyl (C=O) groups is 1. The van der Waals surface area contributed by atoms with E-state index >= 15 is 0 Å². The van der Waals surface area contributed by atoms with Crippen LogP contribution in [0, 0.1) is 0 Å². The number of anilines is 1. The first-order valence-corrected chi connectivity index (χ1v) is 10.2. The van der Waals surface area contributed by atoms with Gasteiger partial charge in [-0.3, -0.25) is 0 Å². The average molecular weight is 419 g/mol. The Morgan fingerprint density at radius 2 is 1.76 bits per heavy atom. The molecular formula is C20H23BrN2OS. The molecule has 3 nitrogen and oxygen atoms in total. The van der Waals surface area contributed by atoms with Crippen LogP contribution < -0.4 is 5.32 Å². The molecule has 1 saturated heterocycles. The van der Waals surface area contributed by atoms with Gasteiger partial charge < -0.3 is 10.2 Å². The molecule has 132 valence electrons. The number of halogens is 1. The van der Waals surface area contributed by atoms with Crippen LogP contribution in [0.15, 0.2) is 53.0 Å². The molecule has 1 aliphatic rings. The summed E-state index contributed by atoms with van der Waals surface area (Å²) in [5.41, 5.74) is 3.44. The molecule has 0 aromatic heterocycles. The van der Waals surface area contributed by atoms with Gasteiger partial charge in [-0.1, -0.05) is 61.0 Å². The van der Waals surface area contributed by atoms with Gasteiger partial charge in [0.25, 0.3) is 0 Å². The Kier molecular flexibility index (Phi) is 5.44. The minimum atomic E-state index is -0.0442. The van der Waals surface area contributed by atoms with Crippen molar-refractivity contribution in [2.45, 2.75) is 31.6 Å². The standard InChI is InChI=1S/C20H23BrN2OS/c1-20(2,3)15-6-4-14(5-7-15)18-23(12-13-25-18)19(24)22-17-10-8-16(21)9-11-17/h4-11,18H,12-13H2,1-3H3,(H,22,24)/t18-/m0/s1. The SMILES string of the molecule is CC(C)(C)c1ccc([C@@H]2SCCN2C(=O)Nc2ccc(Br)cc2)cc1. The van der Waals surface area contributed by atoms with E-state index in [4.69, 9.17) is 0 Å². The zero-order valence-electron chi connectivity index (χ0n) is 14.8. The zero-order valence-corrected chi connectivity index (χ0v) is 17.2. The molecular weight excluding hydrogens is 396 g/mol. The van der Waals surface area contributed by atoms with E-state index in [1.807, 2.05) is 40.9 Å². The van der Waals surface area contributed by atoms with Gasteiger partial charge in [0.1, 0.15) is 5.37 Å². The van der Waals surface area contributed by atoms with Crippen LogP contribution >= 0.6 is 27.7 Å². The smallest absolute Gasteiger partial charge is 0.308 e. The van der Waals surface area contributed by atoms with Crippen molar-refractivity contribution < 1.29 is 4.79 Å². The Labute approximate surface area is 162 Å². The molecule has 1 atom stereocenters. The Balaban J connectivity index is 1.73. The second-order valence-corrected chi connectivity index (χ2v) is 9.33. The molecule has 1 aliphatic heterocycles. The minimum Gasteiger partial charge on any atom is -0.308 e. The predicted molar refractivity (Wildman–Crippen MR) is 110 cm³/mol. The second-order valence-electron chi connectivity index (χ2n) is 7.23. The number of benzene rings is 2. The molecule has 0 bridgehead atoms. The lowest BCUT2D eigenvalue weighted by Gasteiger charge is -2.25. The van der Waals surface area contributed by atoms with E-state index in [9.17, 15) is 4.79 Å². The van der Waals surface area contributed by atoms with Crippen molar-refractivity contribution in [3.8, 4) is 0 Å². The summed E-state index contributed by atoms with van der Waals surface area (Å²) in [5, 5.41) is 3.07. The molecule has 0 aliphatic carbocycles. The summed E-state index contributed by atoms with van der Waals surface area (Å²) in [7, 11) is 0. The highest BCUT2D eigenvalue weighted by Crippen LogP contribution is 2.38. The van der Waals surface area contributed by atoms with Crippen molar-refractivity contribution in [2.24, 2.45) is 0 Å². The van der Waals surface area contributed by atoms with E-state index in [1.165, 1.54) is 11.1 Å². The maximum absolute atomic E-state index is 12.7. The molecule has 0 spiro atoms. The van der Waals surface area contributed by atoms with Crippen molar-refractivity contribution in [3.63, 3.8) is 0 Å². The van der Waals surface area contributed by atoms with Gasteiger partial charge in [-0.05, 0) is 40.8 Å². The average Bonchev–Trinajstić information content (AvgIpc) is 3.06. The quantitative estimate of drug-likeness (QED) is 0.645. The molecule has 5 heteroatoms. The molecule has 2 amide bonds. The van der Waals surface area contributed by atoms with Gasteiger partial charge >= 0.3 is 6.03 Å². The van der Waals surface area contributed by atoms with Crippen LogP contribution in [-0.4, -0.2) is 23.2 Å². The van der Waals surface area contributed by atoms with Crippen molar-refractivity contribution in [2.75, 3.05) is 17.6 Å². The molecule has 0 unspecified atom stereocenters. The Bertz CT molecular complexity index is 738. The zero-order chi connectivity index (χ0) is 18.0. The summed E-state index contributed by atoms with van der Waals surface area (Å²) < 4.78 is 0.999. The van der Waals surface area contributed by atoms with E-state index in [2.05, 4.69) is 66.3 Å². The third-order valence-electron chi connectivity index (χ3n) is 4.31. The number of hydrogen-bond acceptors (Lipinski definition) is 2. The number of nitrogens with zero attached hydrogens (tertiary/aromatic N) is 1. The van der Waals surface area contributed by atoms with Crippen molar-refractivity contribution in [1.29, 1.82) is 0 Å². The first-order chi connectivity index (χ1) is 11.8. The summed E-state index contributed by atoms with van der Waals surface area (Å²) >= 11 is 5.23. The van der Waals surface area contributed by atoms with Crippen molar-refractivity contribution >= 4 is 39.4 Å². The minimum absolute atomic E-state index is 0.0442. The second kappa shape index (κ2) is 7.42. The highest BCUT2D eigenvalue weighted by atomic mass is 79.9. The third kappa shape index (κ3) is 4.39.